The van der Waals surface area contributed by atoms with Crippen LogP contribution < -0.4 is 0 Å². The van der Waals surface area contributed by atoms with Crippen molar-refractivity contribution in [2.75, 3.05) is 0 Å². The van der Waals surface area contributed by atoms with E-state index in [1.54, 1.807) is 5.57 Å². The number of rotatable bonds is 1. The molecule has 0 aliphatic heterocycles. The molecule has 0 bridgehead atoms. The molecule has 0 fully saturated rings. The molecule has 0 radical (unpaired) electrons. The van der Waals surface area contributed by atoms with Gasteiger partial charge in [-0.1, -0.05) is 60.9 Å². The van der Waals surface area contributed by atoms with Crippen molar-refractivity contribution in [2.24, 2.45) is 11.8 Å². The lowest BCUT2D eigenvalue weighted by molar-refractivity contribution is 0.435. The molecule has 0 saturated heterocycles. The Morgan fingerprint density at radius 1 is 0.950 bits per heavy atom. The van der Waals surface area contributed by atoms with Crippen LogP contribution in [0, 0.1) is 11.8 Å². The van der Waals surface area contributed by atoms with E-state index in [4.69, 9.17) is 0 Å². The standard InChI is InChI=1S/C20H32/c1-16(2)20-14-12-18(4)10-6-8-17(3)9-7-11-19(5)13-15-20/h8,10-12,14,16,20H,6-7,9,13,15H2,1-5H3/b14-12+,17-8+,18-10-,19-11?/t20-/m1/s1. The van der Waals surface area contributed by atoms with Crippen molar-refractivity contribution in [2.45, 2.75) is 66.7 Å². The van der Waals surface area contributed by atoms with Crippen LogP contribution in [0.1, 0.15) is 66.7 Å². The Morgan fingerprint density at radius 3 is 2.35 bits per heavy atom. The average Bonchev–Trinajstić information content (AvgIpc) is 2.37. The summed E-state index contributed by atoms with van der Waals surface area (Å²) in [5, 5.41) is 0. The van der Waals surface area contributed by atoms with E-state index in [-0.39, 0.29) is 0 Å². The lowest BCUT2D eigenvalue weighted by Gasteiger charge is -2.17. The zero-order valence-corrected chi connectivity index (χ0v) is 14.1. The Labute approximate surface area is 126 Å². The Bertz CT molecular complexity index is 402. The molecule has 0 aromatic rings. The van der Waals surface area contributed by atoms with Gasteiger partial charge >= 0.3 is 0 Å². The minimum atomic E-state index is 0.696. The normalized spacial score (nSPS) is 29.7. The smallest absolute Gasteiger partial charge is 0.0161 e. The highest BCUT2D eigenvalue weighted by Gasteiger charge is 2.09. The van der Waals surface area contributed by atoms with Crippen LogP contribution in [0.4, 0.5) is 0 Å². The van der Waals surface area contributed by atoms with Crippen LogP contribution in [-0.4, -0.2) is 0 Å². The second-order valence-corrected chi connectivity index (χ2v) is 6.63. The van der Waals surface area contributed by atoms with Crippen LogP contribution in [-0.2, 0) is 0 Å². The van der Waals surface area contributed by atoms with Crippen LogP contribution in [0.2, 0.25) is 0 Å². The molecule has 0 unspecified atom stereocenters. The van der Waals surface area contributed by atoms with Gasteiger partial charge in [0.2, 0.25) is 0 Å². The zero-order chi connectivity index (χ0) is 15.0. The first-order valence-electron chi connectivity index (χ1n) is 8.15. The molecule has 1 rings (SSSR count). The van der Waals surface area contributed by atoms with Crippen molar-refractivity contribution in [1.29, 1.82) is 0 Å². The lowest BCUT2D eigenvalue weighted by Crippen LogP contribution is -2.05. The van der Waals surface area contributed by atoms with Gasteiger partial charge in [-0.2, -0.15) is 0 Å². The van der Waals surface area contributed by atoms with Gasteiger partial charge in [-0.05, 0) is 64.7 Å². The minimum absolute atomic E-state index is 0.696. The molecule has 0 heterocycles. The monoisotopic (exact) mass is 272 g/mol. The van der Waals surface area contributed by atoms with Gasteiger partial charge in [-0.15, -0.1) is 0 Å². The third kappa shape index (κ3) is 6.93. The van der Waals surface area contributed by atoms with Crippen LogP contribution in [0.3, 0.4) is 0 Å². The Kier molecular flexibility index (Phi) is 7.65. The maximum atomic E-state index is 2.44. The predicted molar refractivity (Wildman–Crippen MR) is 91.8 cm³/mol. The largest absolute Gasteiger partial charge is 0.0853 e. The molecule has 1 aliphatic rings. The topological polar surface area (TPSA) is 0 Å². The molecule has 0 amide bonds. The van der Waals surface area contributed by atoms with Gasteiger partial charge in [0.15, 0.2) is 0 Å². The summed E-state index contributed by atoms with van der Waals surface area (Å²) < 4.78 is 0. The quantitative estimate of drug-likeness (QED) is 0.471. The third-order valence-electron chi connectivity index (χ3n) is 4.27. The third-order valence-corrected chi connectivity index (χ3v) is 4.27. The maximum absolute atomic E-state index is 2.44. The molecule has 0 nitrogen and oxygen atoms in total. The second-order valence-electron chi connectivity index (χ2n) is 6.63. The molecular weight excluding hydrogens is 240 g/mol. The van der Waals surface area contributed by atoms with Gasteiger partial charge < -0.3 is 0 Å². The highest BCUT2D eigenvalue weighted by atomic mass is 14.1. The summed E-state index contributed by atoms with van der Waals surface area (Å²) in [6.07, 6.45) is 17.9. The van der Waals surface area contributed by atoms with Crippen molar-refractivity contribution in [3.8, 4) is 0 Å². The fourth-order valence-electron chi connectivity index (χ4n) is 2.59. The van der Waals surface area contributed by atoms with E-state index in [1.807, 2.05) is 0 Å². The fraction of sp³-hybridized carbons (Fsp3) is 0.600. The average molecular weight is 272 g/mol. The molecule has 0 aromatic carbocycles. The Balaban J connectivity index is 2.85. The molecule has 0 saturated carbocycles. The molecule has 0 aromatic heterocycles. The highest BCUT2D eigenvalue weighted by molar-refractivity contribution is 5.19. The minimum Gasteiger partial charge on any atom is -0.0853 e. The number of hydrogen-bond acceptors (Lipinski definition) is 0. The summed E-state index contributed by atoms with van der Waals surface area (Å²) in [5.74, 6) is 1.42. The SMILES string of the molecule is CC1=CCC/C(C)=C/C/C=C(C)\C=C\[C@@H](C(C)C)CC1. The Hall–Kier alpha value is -1.04. The second kappa shape index (κ2) is 9.00. The van der Waals surface area contributed by atoms with E-state index < -0.39 is 0 Å². The van der Waals surface area contributed by atoms with Crippen LogP contribution in [0.25, 0.3) is 0 Å². The van der Waals surface area contributed by atoms with Gasteiger partial charge in [-0.3, -0.25) is 0 Å². The van der Waals surface area contributed by atoms with Gasteiger partial charge in [0.05, 0.1) is 0 Å². The van der Waals surface area contributed by atoms with Crippen molar-refractivity contribution in [3.63, 3.8) is 0 Å². The van der Waals surface area contributed by atoms with Crippen LogP contribution in [0.15, 0.2) is 47.1 Å². The van der Waals surface area contributed by atoms with E-state index in [0.29, 0.717) is 5.92 Å². The molecule has 0 spiro atoms. The first-order valence-corrected chi connectivity index (χ1v) is 8.15. The van der Waals surface area contributed by atoms with Crippen molar-refractivity contribution in [1.82, 2.24) is 0 Å². The number of hydrogen-bond donors (Lipinski definition) is 0. The summed E-state index contributed by atoms with van der Waals surface area (Å²) in [4.78, 5) is 0. The maximum Gasteiger partial charge on any atom is -0.0161 e. The van der Waals surface area contributed by atoms with E-state index in [1.165, 1.54) is 36.8 Å². The molecule has 1 atom stereocenters. The first kappa shape index (κ1) is 17.0. The molecule has 1 aliphatic carbocycles. The molecular formula is C20H32. The molecule has 0 heteroatoms. The van der Waals surface area contributed by atoms with E-state index >= 15 is 0 Å². The molecule has 20 heavy (non-hydrogen) atoms. The van der Waals surface area contributed by atoms with Crippen molar-refractivity contribution < 1.29 is 0 Å². The van der Waals surface area contributed by atoms with Crippen molar-refractivity contribution >= 4 is 0 Å². The first-order chi connectivity index (χ1) is 9.49. The van der Waals surface area contributed by atoms with Gasteiger partial charge in [0.1, 0.15) is 0 Å². The predicted octanol–water partition coefficient (Wildman–Crippen LogP) is 6.62. The summed E-state index contributed by atoms with van der Waals surface area (Å²) in [7, 11) is 0. The summed E-state index contributed by atoms with van der Waals surface area (Å²) in [5.41, 5.74) is 4.46. The Morgan fingerprint density at radius 2 is 1.65 bits per heavy atom. The lowest BCUT2D eigenvalue weighted by atomic mass is 9.88. The summed E-state index contributed by atoms with van der Waals surface area (Å²) in [6, 6.07) is 0. The van der Waals surface area contributed by atoms with Crippen molar-refractivity contribution in [3.05, 3.63) is 47.1 Å². The van der Waals surface area contributed by atoms with E-state index in [2.05, 4.69) is 65.0 Å². The highest BCUT2D eigenvalue weighted by Crippen LogP contribution is 2.23. The van der Waals surface area contributed by atoms with E-state index in [9.17, 15) is 0 Å². The summed E-state index contributed by atoms with van der Waals surface area (Å²) in [6.45, 7) is 11.4. The molecule has 112 valence electrons. The number of allylic oxidation sites excluding steroid dienone is 8. The van der Waals surface area contributed by atoms with Gasteiger partial charge in [0.25, 0.3) is 0 Å². The fourth-order valence-corrected chi connectivity index (χ4v) is 2.59. The van der Waals surface area contributed by atoms with Crippen LogP contribution >= 0.6 is 0 Å². The van der Waals surface area contributed by atoms with E-state index in [0.717, 1.165) is 12.3 Å². The zero-order valence-electron chi connectivity index (χ0n) is 14.1. The van der Waals surface area contributed by atoms with Gasteiger partial charge in [-0.25, -0.2) is 0 Å². The summed E-state index contributed by atoms with van der Waals surface area (Å²) >= 11 is 0. The van der Waals surface area contributed by atoms with Gasteiger partial charge in [0, 0.05) is 0 Å². The van der Waals surface area contributed by atoms with Crippen LogP contribution in [0.5, 0.6) is 0 Å². The molecule has 0 N–H and O–H groups in total.